The number of hydrogen-bond donors (Lipinski definition) is 2. The monoisotopic (exact) mass is 247 g/mol. The molecule has 0 atom stereocenters. The summed E-state index contributed by atoms with van der Waals surface area (Å²) in [5.74, 6) is -0.134. The number of hydrogen-bond acceptors (Lipinski definition) is 3. The van der Waals surface area contributed by atoms with E-state index in [4.69, 9.17) is 0 Å². The molecule has 4 heteroatoms. The summed E-state index contributed by atoms with van der Waals surface area (Å²) in [5.41, 5.74) is 0.678. The number of carbonyl (C=O) groups excluding carboxylic acids is 2. The quantitative estimate of drug-likeness (QED) is 0.800. The zero-order chi connectivity index (χ0) is 13.2. The third-order valence-electron chi connectivity index (χ3n) is 3.64. The van der Waals surface area contributed by atoms with Crippen LogP contribution in [-0.4, -0.2) is 23.4 Å². The van der Waals surface area contributed by atoms with Crippen LogP contribution in [0.25, 0.3) is 0 Å². The van der Waals surface area contributed by atoms with E-state index >= 15 is 0 Å². The first-order chi connectivity index (χ1) is 8.57. The number of aliphatic hydroxyl groups excluding tert-OH is 1. The minimum absolute atomic E-state index is 0.00121. The number of rotatable bonds is 4. The van der Waals surface area contributed by atoms with E-state index in [-0.39, 0.29) is 18.3 Å². The topological polar surface area (TPSA) is 66.4 Å². The van der Waals surface area contributed by atoms with E-state index < -0.39 is 5.41 Å². The second kappa shape index (κ2) is 4.90. The van der Waals surface area contributed by atoms with Gasteiger partial charge in [-0.3, -0.25) is 9.59 Å². The number of carbonyl (C=O) groups is 2. The Labute approximate surface area is 106 Å². The number of nitrogens with one attached hydrogen (secondary N) is 1. The fourth-order valence-corrected chi connectivity index (χ4v) is 2.11. The summed E-state index contributed by atoms with van der Waals surface area (Å²) in [4.78, 5) is 23.1. The highest BCUT2D eigenvalue weighted by atomic mass is 16.3. The molecule has 1 aromatic rings. The summed E-state index contributed by atoms with van der Waals surface area (Å²) < 4.78 is 0. The van der Waals surface area contributed by atoms with Crippen LogP contribution in [0.3, 0.4) is 0 Å². The van der Waals surface area contributed by atoms with E-state index in [2.05, 4.69) is 5.32 Å². The maximum atomic E-state index is 12.0. The Hall–Kier alpha value is -1.68. The molecule has 0 bridgehead atoms. The van der Waals surface area contributed by atoms with Gasteiger partial charge in [0, 0.05) is 11.3 Å². The first-order valence-corrected chi connectivity index (χ1v) is 6.11. The minimum Gasteiger partial charge on any atom is -0.395 e. The van der Waals surface area contributed by atoms with Crippen molar-refractivity contribution in [3.8, 4) is 0 Å². The summed E-state index contributed by atoms with van der Waals surface area (Å²) in [6, 6.07) is 6.78. The van der Waals surface area contributed by atoms with Gasteiger partial charge < -0.3 is 10.4 Å². The van der Waals surface area contributed by atoms with E-state index in [0.29, 0.717) is 11.3 Å². The molecular weight excluding hydrogens is 230 g/mol. The molecule has 1 amide bonds. The lowest BCUT2D eigenvalue weighted by Gasteiger charge is -2.38. The summed E-state index contributed by atoms with van der Waals surface area (Å²) in [6.45, 7) is 1.40. The molecule has 2 rings (SSSR count). The molecule has 0 spiro atoms. The van der Waals surface area contributed by atoms with Crippen molar-refractivity contribution in [3.63, 3.8) is 0 Å². The lowest BCUT2D eigenvalue weighted by Crippen LogP contribution is -2.44. The molecule has 0 radical (unpaired) electrons. The molecule has 1 aromatic carbocycles. The summed E-state index contributed by atoms with van der Waals surface area (Å²) in [7, 11) is 0. The lowest BCUT2D eigenvalue weighted by atomic mass is 9.68. The first-order valence-electron chi connectivity index (χ1n) is 6.11. The van der Waals surface area contributed by atoms with Crippen LogP contribution in [0.15, 0.2) is 24.3 Å². The van der Waals surface area contributed by atoms with E-state index in [9.17, 15) is 14.7 Å². The molecule has 0 aliphatic heterocycles. The van der Waals surface area contributed by atoms with Crippen molar-refractivity contribution in [2.45, 2.75) is 26.2 Å². The number of anilines is 1. The largest absolute Gasteiger partial charge is 0.395 e. The van der Waals surface area contributed by atoms with Crippen LogP contribution in [-0.2, 0) is 4.79 Å². The molecule has 96 valence electrons. The Morgan fingerprint density at radius 3 is 2.28 bits per heavy atom. The highest BCUT2D eigenvalue weighted by molar-refractivity contribution is 5.97. The Morgan fingerprint density at radius 2 is 1.89 bits per heavy atom. The molecule has 1 aliphatic carbocycles. The Kier molecular flexibility index (Phi) is 3.48. The van der Waals surface area contributed by atoms with Crippen molar-refractivity contribution >= 4 is 17.4 Å². The number of benzene rings is 1. The fourth-order valence-electron chi connectivity index (χ4n) is 2.11. The van der Waals surface area contributed by atoms with Gasteiger partial charge in [0.15, 0.2) is 5.78 Å². The molecule has 0 aromatic heterocycles. The molecule has 18 heavy (non-hydrogen) atoms. The maximum Gasteiger partial charge on any atom is 0.232 e. The maximum absolute atomic E-state index is 12.0. The average Bonchev–Trinajstić information content (AvgIpc) is 2.29. The number of amides is 1. The van der Waals surface area contributed by atoms with Gasteiger partial charge in [-0.25, -0.2) is 0 Å². The van der Waals surface area contributed by atoms with E-state index in [1.165, 1.54) is 6.92 Å². The minimum atomic E-state index is -0.598. The van der Waals surface area contributed by atoms with Gasteiger partial charge in [-0.2, -0.15) is 0 Å². The molecule has 1 fully saturated rings. The number of aliphatic hydroxyl groups is 1. The van der Waals surface area contributed by atoms with Crippen molar-refractivity contribution in [2.75, 3.05) is 11.9 Å². The van der Waals surface area contributed by atoms with Crippen LogP contribution in [0.4, 0.5) is 5.69 Å². The van der Waals surface area contributed by atoms with E-state index in [0.717, 1.165) is 19.3 Å². The van der Waals surface area contributed by atoms with Crippen LogP contribution < -0.4 is 5.32 Å². The zero-order valence-electron chi connectivity index (χ0n) is 10.4. The molecule has 4 nitrogen and oxygen atoms in total. The Balaban J connectivity index is 2.05. The highest BCUT2D eigenvalue weighted by Crippen LogP contribution is 2.41. The number of Topliss-reactive ketones (excluding diaryl/α,β-unsaturated/α-hetero) is 1. The van der Waals surface area contributed by atoms with Gasteiger partial charge in [0.05, 0.1) is 12.0 Å². The third-order valence-corrected chi connectivity index (χ3v) is 3.64. The van der Waals surface area contributed by atoms with Crippen LogP contribution in [0.5, 0.6) is 0 Å². The van der Waals surface area contributed by atoms with Crippen molar-refractivity contribution in [1.29, 1.82) is 0 Å². The normalized spacial score (nSPS) is 16.8. The van der Waals surface area contributed by atoms with E-state index in [1.807, 2.05) is 0 Å². The predicted molar refractivity (Wildman–Crippen MR) is 68.4 cm³/mol. The highest BCUT2D eigenvalue weighted by Gasteiger charge is 2.43. The van der Waals surface area contributed by atoms with E-state index in [1.54, 1.807) is 24.3 Å². The van der Waals surface area contributed by atoms with Crippen LogP contribution in [0, 0.1) is 5.41 Å². The summed E-state index contributed by atoms with van der Waals surface area (Å²) >= 11 is 0. The molecule has 1 saturated carbocycles. The van der Waals surface area contributed by atoms with Gasteiger partial charge in [-0.15, -0.1) is 0 Å². The van der Waals surface area contributed by atoms with Gasteiger partial charge in [0.1, 0.15) is 0 Å². The smallest absolute Gasteiger partial charge is 0.232 e. The van der Waals surface area contributed by atoms with Crippen molar-refractivity contribution < 1.29 is 14.7 Å². The molecule has 0 saturated heterocycles. The standard InChI is InChI=1S/C14H17NO3/c1-10(17)11-3-5-12(6-4-11)15-13(18)14(9-16)7-2-8-14/h3-6,16H,2,7-9H2,1H3,(H,15,18). The van der Waals surface area contributed by atoms with Crippen LogP contribution in [0.1, 0.15) is 36.5 Å². The molecule has 1 aliphatic rings. The lowest BCUT2D eigenvalue weighted by molar-refractivity contribution is -0.133. The first kappa shape index (κ1) is 12.8. The van der Waals surface area contributed by atoms with Gasteiger partial charge in [0.25, 0.3) is 0 Å². The van der Waals surface area contributed by atoms with Gasteiger partial charge in [-0.05, 0) is 44.0 Å². The van der Waals surface area contributed by atoms with Crippen molar-refractivity contribution in [1.82, 2.24) is 0 Å². The van der Waals surface area contributed by atoms with Crippen LogP contribution >= 0.6 is 0 Å². The SMILES string of the molecule is CC(=O)c1ccc(NC(=O)C2(CO)CCC2)cc1. The average molecular weight is 247 g/mol. The van der Waals surface area contributed by atoms with Gasteiger partial charge in [-0.1, -0.05) is 6.42 Å². The van der Waals surface area contributed by atoms with Crippen LogP contribution in [0.2, 0.25) is 0 Å². The zero-order valence-corrected chi connectivity index (χ0v) is 10.4. The molecule has 0 heterocycles. The molecular formula is C14H17NO3. The third kappa shape index (κ3) is 2.29. The fraction of sp³-hybridized carbons (Fsp3) is 0.429. The number of ketones is 1. The van der Waals surface area contributed by atoms with Gasteiger partial charge >= 0.3 is 0 Å². The van der Waals surface area contributed by atoms with Crippen molar-refractivity contribution in [3.05, 3.63) is 29.8 Å². The Morgan fingerprint density at radius 1 is 1.28 bits per heavy atom. The summed E-state index contributed by atoms with van der Waals surface area (Å²) in [5, 5.41) is 12.1. The summed E-state index contributed by atoms with van der Waals surface area (Å²) in [6.07, 6.45) is 2.46. The predicted octanol–water partition coefficient (Wildman–Crippen LogP) is 1.99. The second-order valence-electron chi connectivity index (χ2n) is 4.88. The molecule has 2 N–H and O–H groups in total. The molecule has 0 unspecified atom stereocenters. The van der Waals surface area contributed by atoms with Crippen molar-refractivity contribution in [2.24, 2.45) is 5.41 Å². The second-order valence-corrected chi connectivity index (χ2v) is 4.88. The Bertz CT molecular complexity index is 455. The van der Waals surface area contributed by atoms with Gasteiger partial charge in [0.2, 0.25) is 5.91 Å².